The maximum Gasteiger partial charge on any atom is 0.407 e. The summed E-state index contributed by atoms with van der Waals surface area (Å²) in [5.41, 5.74) is 3.80. The number of benzene rings is 1. The molecule has 0 aliphatic carbocycles. The van der Waals surface area contributed by atoms with Gasteiger partial charge in [-0.05, 0) is 39.7 Å². The van der Waals surface area contributed by atoms with Crippen molar-refractivity contribution in [3.8, 4) is 0 Å². The third-order valence-corrected chi connectivity index (χ3v) is 4.90. The van der Waals surface area contributed by atoms with E-state index >= 15 is 0 Å². The van der Waals surface area contributed by atoms with Gasteiger partial charge in [0.2, 0.25) is 5.91 Å². The lowest BCUT2D eigenvalue weighted by Crippen LogP contribution is -2.44. The maximum atomic E-state index is 13.0. The van der Waals surface area contributed by atoms with Crippen molar-refractivity contribution in [1.29, 1.82) is 0 Å². The van der Waals surface area contributed by atoms with Crippen LogP contribution >= 0.6 is 0 Å². The van der Waals surface area contributed by atoms with Crippen LogP contribution in [0.4, 0.5) is 4.79 Å². The highest BCUT2D eigenvalue weighted by Gasteiger charge is 2.26. The SMILES string of the molecule is Cc1ccc(C[C@H](CC(=O)N2CCc3[nH]ncc3C2)NC(=O)OC(C)(C)C)cc1. The molecule has 1 aromatic carbocycles. The van der Waals surface area contributed by atoms with Gasteiger partial charge in [-0.2, -0.15) is 5.10 Å². The van der Waals surface area contributed by atoms with Crippen LogP contribution in [0, 0.1) is 6.92 Å². The molecule has 156 valence electrons. The summed E-state index contributed by atoms with van der Waals surface area (Å²) >= 11 is 0. The zero-order chi connectivity index (χ0) is 21.0. The number of hydrogen-bond acceptors (Lipinski definition) is 4. The number of H-pyrrole nitrogens is 1. The number of carbonyl (C=O) groups is 2. The second-order valence-electron chi connectivity index (χ2n) is 8.68. The first-order valence-corrected chi connectivity index (χ1v) is 10.0. The van der Waals surface area contributed by atoms with E-state index in [4.69, 9.17) is 4.74 Å². The molecule has 0 saturated carbocycles. The van der Waals surface area contributed by atoms with E-state index in [9.17, 15) is 9.59 Å². The lowest BCUT2D eigenvalue weighted by Gasteiger charge is -2.29. The Morgan fingerprint density at radius 1 is 1.28 bits per heavy atom. The van der Waals surface area contributed by atoms with Gasteiger partial charge in [-0.15, -0.1) is 0 Å². The number of fused-ring (bicyclic) bond motifs is 1. The van der Waals surface area contributed by atoms with E-state index in [1.165, 1.54) is 5.56 Å². The monoisotopic (exact) mass is 398 g/mol. The zero-order valence-electron chi connectivity index (χ0n) is 17.6. The molecule has 2 N–H and O–H groups in total. The van der Waals surface area contributed by atoms with Gasteiger partial charge in [0.25, 0.3) is 0 Å². The average Bonchev–Trinajstić information content (AvgIpc) is 3.09. The van der Waals surface area contributed by atoms with Gasteiger partial charge in [-0.25, -0.2) is 4.79 Å². The van der Waals surface area contributed by atoms with E-state index in [2.05, 4.69) is 15.5 Å². The van der Waals surface area contributed by atoms with E-state index in [0.717, 1.165) is 23.2 Å². The third kappa shape index (κ3) is 6.07. The van der Waals surface area contributed by atoms with Gasteiger partial charge in [0.1, 0.15) is 5.60 Å². The maximum absolute atomic E-state index is 13.0. The van der Waals surface area contributed by atoms with Crippen LogP contribution in [0.1, 0.15) is 49.6 Å². The molecule has 0 fully saturated rings. The number of nitrogens with zero attached hydrogens (tertiary/aromatic N) is 2. The number of nitrogens with one attached hydrogen (secondary N) is 2. The number of aryl methyl sites for hydroxylation is 1. The molecule has 7 nitrogen and oxygen atoms in total. The Balaban J connectivity index is 1.67. The fourth-order valence-corrected chi connectivity index (χ4v) is 3.43. The van der Waals surface area contributed by atoms with Crippen LogP contribution in [-0.2, 0) is 28.9 Å². The van der Waals surface area contributed by atoms with Crippen molar-refractivity contribution in [3.63, 3.8) is 0 Å². The van der Waals surface area contributed by atoms with Crippen molar-refractivity contribution in [2.45, 2.75) is 65.1 Å². The predicted octanol–water partition coefficient (Wildman–Crippen LogP) is 3.13. The molecular formula is C22H30N4O3. The summed E-state index contributed by atoms with van der Waals surface area (Å²) in [7, 11) is 0. The normalized spacial score (nSPS) is 14.8. The largest absolute Gasteiger partial charge is 0.444 e. The Morgan fingerprint density at radius 3 is 2.69 bits per heavy atom. The van der Waals surface area contributed by atoms with E-state index in [0.29, 0.717) is 19.5 Å². The average molecular weight is 399 g/mol. The van der Waals surface area contributed by atoms with Gasteiger partial charge < -0.3 is 15.0 Å². The van der Waals surface area contributed by atoms with Gasteiger partial charge in [0.05, 0.1) is 6.20 Å². The molecule has 2 aromatic rings. The van der Waals surface area contributed by atoms with Crippen LogP contribution in [0.15, 0.2) is 30.5 Å². The van der Waals surface area contributed by atoms with Crippen molar-refractivity contribution in [3.05, 3.63) is 52.8 Å². The molecular weight excluding hydrogens is 368 g/mol. The van der Waals surface area contributed by atoms with Crippen molar-refractivity contribution in [2.75, 3.05) is 6.54 Å². The molecule has 1 aromatic heterocycles. The molecule has 0 unspecified atom stereocenters. The summed E-state index contributed by atoms with van der Waals surface area (Å²) in [5.74, 6) is 0.0185. The molecule has 1 aliphatic heterocycles. The zero-order valence-corrected chi connectivity index (χ0v) is 17.6. The topological polar surface area (TPSA) is 87.3 Å². The second-order valence-corrected chi connectivity index (χ2v) is 8.68. The summed E-state index contributed by atoms with van der Waals surface area (Å²) in [6, 6.07) is 7.79. The Kier molecular flexibility index (Phi) is 6.25. The van der Waals surface area contributed by atoms with E-state index < -0.39 is 11.7 Å². The lowest BCUT2D eigenvalue weighted by atomic mass is 10.0. The third-order valence-electron chi connectivity index (χ3n) is 4.90. The quantitative estimate of drug-likeness (QED) is 0.810. The summed E-state index contributed by atoms with van der Waals surface area (Å²) in [6.07, 6.45) is 2.83. The molecule has 2 amide bonds. The Hall–Kier alpha value is -2.83. The van der Waals surface area contributed by atoms with Crippen LogP contribution in [0.25, 0.3) is 0 Å². The second kappa shape index (κ2) is 8.68. The predicted molar refractivity (Wildman–Crippen MR) is 110 cm³/mol. The molecule has 29 heavy (non-hydrogen) atoms. The number of aromatic amines is 1. The molecule has 1 aliphatic rings. The van der Waals surface area contributed by atoms with E-state index in [1.54, 1.807) is 6.20 Å². The van der Waals surface area contributed by atoms with Crippen molar-refractivity contribution in [1.82, 2.24) is 20.4 Å². The molecule has 2 heterocycles. The highest BCUT2D eigenvalue weighted by molar-refractivity contribution is 5.78. The number of carbonyl (C=O) groups excluding carboxylic acids is 2. The van der Waals surface area contributed by atoms with Crippen LogP contribution in [0.2, 0.25) is 0 Å². The van der Waals surface area contributed by atoms with Gasteiger partial charge in [0, 0.05) is 43.2 Å². The summed E-state index contributed by atoms with van der Waals surface area (Å²) in [6.45, 7) is 8.70. The smallest absolute Gasteiger partial charge is 0.407 e. The van der Waals surface area contributed by atoms with E-state index in [-0.39, 0.29) is 18.4 Å². The van der Waals surface area contributed by atoms with Crippen LogP contribution in [0.5, 0.6) is 0 Å². The first-order valence-electron chi connectivity index (χ1n) is 10.0. The molecule has 0 spiro atoms. The fraction of sp³-hybridized carbons (Fsp3) is 0.500. The highest BCUT2D eigenvalue weighted by Crippen LogP contribution is 2.18. The molecule has 1 atom stereocenters. The molecule has 7 heteroatoms. The molecule has 0 bridgehead atoms. The van der Waals surface area contributed by atoms with Crippen molar-refractivity contribution in [2.24, 2.45) is 0 Å². The lowest BCUT2D eigenvalue weighted by molar-refractivity contribution is -0.132. The summed E-state index contributed by atoms with van der Waals surface area (Å²) in [4.78, 5) is 27.1. The Morgan fingerprint density at radius 2 is 2.00 bits per heavy atom. The first-order chi connectivity index (χ1) is 13.7. The van der Waals surface area contributed by atoms with Crippen LogP contribution in [-0.4, -0.2) is 45.3 Å². The number of hydrogen-bond donors (Lipinski definition) is 2. The van der Waals surface area contributed by atoms with Crippen molar-refractivity contribution >= 4 is 12.0 Å². The summed E-state index contributed by atoms with van der Waals surface area (Å²) in [5, 5.41) is 9.93. The number of ether oxygens (including phenoxy) is 1. The fourth-order valence-electron chi connectivity index (χ4n) is 3.43. The minimum Gasteiger partial charge on any atom is -0.444 e. The standard InChI is InChI=1S/C22H30N4O3/c1-15-5-7-16(8-6-15)11-18(24-21(28)29-22(2,3)4)12-20(27)26-10-9-19-17(14-26)13-23-25-19/h5-8,13,18H,9-12,14H2,1-4H3,(H,23,25)(H,24,28)/t18-/m1/s1. The molecule has 0 saturated heterocycles. The van der Waals surface area contributed by atoms with Gasteiger partial charge in [-0.3, -0.25) is 9.89 Å². The first kappa shape index (κ1) is 20.9. The number of rotatable bonds is 5. The highest BCUT2D eigenvalue weighted by atomic mass is 16.6. The van der Waals surface area contributed by atoms with Crippen molar-refractivity contribution < 1.29 is 14.3 Å². The number of amides is 2. The Bertz CT molecular complexity index is 852. The van der Waals surface area contributed by atoms with Gasteiger partial charge in [-0.1, -0.05) is 29.8 Å². The minimum atomic E-state index is -0.590. The number of alkyl carbamates (subject to hydrolysis) is 1. The molecule has 3 rings (SSSR count). The number of aromatic nitrogens is 2. The molecule has 0 radical (unpaired) electrons. The Labute approximate surface area is 171 Å². The summed E-state index contributed by atoms with van der Waals surface area (Å²) < 4.78 is 5.40. The minimum absolute atomic E-state index is 0.0185. The van der Waals surface area contributed by atoms with E-state index in [1.807, 2.05) is 56.9 Å². The van der Waals surface area contributed by atoms with Gasteiger partial charge in [0.15, 0.2) is 0 Å². The van der Waals surface area contributed by atoms with Gasteiger partial charge >= 0.3 is 6.09 Å². The van der Waals surface area contributed by atoms with Crippen LogP contribution < -0.4 is 5.32 Å². The van der Waals surface area contributed by atoms with Crippen LogP contribution in [0.3, 0.4) is 0 Å².